The minimum absolute atomic E-state index is 0.0111. The molecule has 1 aliphatic heterocycles. The highest BCUT2D eigenvalue weighted by Gasteiger charge is 2.18. The van der Waals surface area contributed by atoms with Crippen molar-refractivity contribution in [3.8, 4) is 0 Å². The molecular formula is C23H23ClN2O2. The van der Waals surface area contributed by atoms with Gasteiger partial charge in [0.05, 0.1) is 11.6 Å². The highest BCUT2D eigenvalue weighted by molar-refractivity contribution is 6.31. The van der Waals surface area contributed by atoms with Crippen LogP contribution in [0.3, 0.4) is 0 Å². The van der Waals surface area contributed by atoms with Crippen molar-refractivity contribution in [2.45, 2.75) is 6.54 Å². The monoisotopic (exact) mass is 394 g/mol. The van der Waals surface area contributed by atoms with E-state index in [4.69, 9.17) is 16.0 Å². The smallest absolute Gasteiger partial charge is 0.197 e. The number of nitrogens with zero attached hydrogens (tertiary/aromatic N) is 2. The van der Waals surface area contributed by atoms with Gasteiger partial charge in [-0.1, -0.05) is 54.1 Å². The molecule has 144 valence electrons. The largest absolute Gasteiger partial charge is 0.464 e. The van der Waals surface area contributed by atoms with Crippen LogP contribution in [0.5, 0.6) is 0 Å². The van der Waals surface area contributed by atoms with Gasteiger partial charge in [0.25, 0.3) is 0 Å². The fourth-order valence-electron chi connectivity index (χ4n) is 3.53. The number of hydrogen-bond donors (Lipinski definition) is 0. The van der Waals surface area contributed by atoms with Crippen LogP contribution in [-0.4, -0.2) is 42.5 Å². The van der Waals surface area contributed by atoms with E-state index >= 15 is 0 Å². The van der Waals surface area contributed by atoms with Crippen molar-refractivity contribution >= 4 is 28.6 Å². The molecule has 1 aliphatic rings. The summed E-state index contributed by atoms with van der Waals surface area (Å²) in [4.78, 5) is 17.5. The predicted molar refractivity (Wildman–Crippen MR) is 115 cm³/mol. The van der Waals surface area contributed by atoms with Gasteiger partial charge in [-0.25, -0.2) is 0 Å². The Labute approximate surface area is 169 Å². The second-order valence-corrected chi connectivity index (χ2v) is 7.56. The minimum Gasteiger partial charge on any atom is -0.464 e. The van der Waals surface area contributed by atoms with Crippen LogP contribution in [0, 0.1) is 0 Å². The molecule has 1 aromatic heterocycles. The van der Waals surface area contributed by atoms with Gasteiger partial charge in [0.2, 0.25) is 0 Å². The Morgan fingerprint density at radius 3 is 2.54 bits per heavy atom. The fraction of sp³-hybridized carbons (Fsp3) is 0.261. The molecule has 5 heteroatoms. The first-order valence-electron chi connectivity index (χ1n) is 9.55. The second kappa shape index (κ2) is 8.74. The first kappa shape index (κ1) is 18.9. The fourth-order valence-corrected chi connectivity index (χ4v) is 3.70. The van der Waals surface area contributed by atoms with Crippen LogP contribution in [0.1, 0.15) is 11.1 Å². The van der Waals surface area contributed by atoms with Gasteiger partial charge in [-0.15, -0.1) is 0 Å². The summed E-state index contributed by atoms with van der Waals surface area (Å²) in [5.74, 6) is 0. The third-order valence-electron chi connectivity index (χ3n) is 5.14. The van der Waals surface area contributed by atoms with Crippen LogP contribution in [0.4, 0.5) is 0 Å². The predicted octanol–water partition coefficient (Wildman–Crippen LogP) is 4.28. The molecule has 0 spiro atoms. The average molecular weight is 395 g/mol. The highest BCUT2D eigenvalue weighted by Crippen LogP contribution is 2.18. The van der Waals surface area contributed by atoms with E-state index in [-0.39, 0.29) is 5.43 Å². The molecule has 1 fully saturated rings. The zero-order valence-corrected chi connectivity index (χ0v) is 16.4. The molecule has 0 aliphatic carbocycles. The molecule has 0 bridgehead atoms. The molecular weight excluding hydrogens is 372 g/mol. The van der Waals surface area contributed by atoms with Gasteiger partial charge in [-0.3, -0.25) is 14.6 Å². The summed E-state index contributed by atoms with van der Waals surface area (Å²) < 4.78 is 5.63. The molecule has 0 atom stereocenters. The van der Waals surface area contributed by atoms with Crippen LogP contribution < -0.4 is 5.43 Å². The van der Waals surface area contributed by atoms with Gasteiger partial charge >= 0.3 is 0 Å². The SMILES string of the molecule is O=c1c(CN2CCN(CC=Cc3ccccc3)CC2)coc2ccc(Cl)cc12. The van der Waals surface area contributed by atoms with Gasteiger partial charge in [-0.05, 0) is 23.8 Å². The third-order valence-corrected chi connectivity index (χ3v) is 5.37. The van der Waals surface area contributed by atoms with E-state index in [1.807, 2.05) is 6.07 Å². The second-order valence-electron chi connectivity index (χ2n) is 7.12. The van der Waals surface area contributed by atoms with Crippen molar-refractivity contribution in [1.29, 1.82) is 0 Å². The Kier molecular flexibility index (Phi) is 5.91. The van der Waals surface area contributed by atoms with Crippen molar-refractivity contribution < 1.29 is 4.42 Å². The highest BCUT2D eigenvalue weighted by atomic mass is 35.5. The summed E-state index contributed by atoms with van der Waals surface area (Å²) >= 11 is 6.03. The van der Waals surface area contributed by atoms with Crippen LogP contribution in [0.15, 0.2) is 70.1 Å². The van der Waals surface area contributed by atoms with E-state index in [1.54, 1.807) is 24.5 Å². The molecule has 0 N–H and O–H groups in total. The van der Waals surface area contributed by atoms with E-state index in [0.29, 0.717) is 28.1 Å². The molecule has 0 radical (unpaired) electrons. The summed E-state index contributed by atoms with van der Waals surface area (Å²) in [5.41, 5.74) is 2.50. The maximum atomic E-state index is 12.7. The maximum absolute atomic E-state index is 12.7. The van der Waals surface area contributed by atoms with Crippen LogP contribution >= 0.6 is 11.6 Å². The third kappa shape index (κ3) is 4.53. The summed E-state index contributed by atoms with van der Waals surface area (Å²) in [7, 11) is 0. The molecule has 2 heterocycles. The standard InChI is InChI=1S/C23H23ClN2O2/c24-20-8-9-22-21(15-20)23(27)19(17-28-22)16-26-13-11-25(12-14-26)10-4-7-18-5-2-1-3-6-18/h1-9,15,17H,10-14,16H2. The molecule has 1 saturated heterocycles. The molecule has 3 aromatic rings. The van der Waals surface area contributed by atoms with E-state index < -0.39 is 0 Å². The normalized spacial score (nSPS) is 16.2. The van der Waals surface area contributed by atoms with Crippen molar-refractivity contribution in [2.24, 2.45) is 0 Å². The molecule has 28 heavy (non-hydrogen) atoms. The van der Waals surface area contributed by atoms with Gasteiger partial charge in [0.1, 0.15) is 5.58 Å². The van der Waals surface area contributed by atoms with Gasteiger partial charge in [0.15, 0.2) is 5.43 Å². The van der Waals surface area contributed by atoms with Crippen LogP contribution in [0.25, 0.3) is 17.0 Å². The molecule has 0 amide bonds. The van der Waals surface area contributed by atoms with E-state index in [2.05, 4.69) is 46.2 Å². The van der Waals surface area contributed by atoms with E-state index in [1.165, 1.54) is 5.56 Å². The Balaban J connectivity index is 1.33. The van der Waals surface area contributed by atoms with Crippen molar-refractivity contribution in [3.05, 3.63) is 87.2 Å². The Hall–Kier alpha value is -2.40. The Morgan fingerprint density at radius 2 is 1.75 bits per heavy atom. The zero-order valence-electron chi connectivity index (χ0n) is 15.7. The topological polar surface area (TPSA) is 36.7 Å². The lowest BCUT2D eigenvalue weighted by atomic mass is 10.1. The molecule has 4 rings (SSSR count). The number of fused-ring (bicyclic) bond motifs is 1. The molecule has 0 saturated carbocycles. The quantitative estimate of drug-likeness (QED) is 0.647. The summed E-state index contributed by atoms with van der Waals surface area (Å²) in [6.07, 6.45) is 5.97. The zero-order chi connectivity index (χ0) is 19.3. The number of rotatable bonds is 5. The van der Waals surface area contributed by atoms with Crippen LogP contribution in [0.2, 0.25) is 5.02 Å². The molecule has 2 aromatic carbocycles. The number of benzene rings is 2. The number of halogens is 1. The van der Waals surface area contributed by atoms with E-state index in [0.717, 1.165) is 32.7 Å². The van der Waals surface area contributed by atoms with Gasteiger partial charge in [-0.2, -0.15) is 0 Å². The van der Waals surface area contributed by atoms with Crippen molar-refractivity contribution in [3.63, 3.8) is 0 Å². The Bertz CT molecular complexity index is 1020. The Morgan fingerprint density at radius 1 is 1.00 bits per heavy atom. The van der Waals surface area contributed by atoms with Crippen LogP contribution in [-0.2, 0) is 6.54 Å². The number of piperazine rings is 1. The lowest BCUT2D eigenvalue weighted by Gasteiger charge is -2.33. The van der Waals surface area contributed by atoms with E-state index in [9.17, 15) is 4.79 Å². The van der Waals surface area contributed by atoms with Gasteiger partial charge < -0.3 is 4.42 Å². The average Bonchev–Trinajstić information content (AvgIpc) is 2.72. The summed E-state index contributed by atoms with van der Waals surface area (Å²) in [5, 5.41) is 1.10. The molecule has 4 nitrogen and oxygen atoms in total. The first-order valence-corrected chi connectivity index (χ1v) is 9.93. The maximum Gasteiger partial charge on any atom is 0.197 e. The first-order chi connectivity index (χ1) is 13.7. The van der Waals surface area contributed by atoms with Gasteiger partial charge in [0, 0.05) is 49.9 Å². The lowest BCUT2D eigenvalue weighted by Crippen LogP contribution is -2.46. The summed E-state index contributed by atoms with van der Waals surface area (Å²) in [6, 6.07) is 15.5. The summed E-state index contributed by atoms with van der Waals surface area (Å²) in [6.45, 7) is 5.41. The lowest BCUT2D eigenvalue weighted by molar-refractivity contribution is 0.136. The van der Waals surface area contributed by atoms with Crippen molar-refractivity contribution in [2.75, 3.05) is 32.7 Å². The van der Waals surface area contributed by atoms with Crippen molar-refractivity contribution in [1.82, 2.24) is 9.80 Å². The minimum atomic E-state index is 0.0111. The number of hydrogen-bond acceptors (Lipinski definition) is 4. The molecule has 0 unspecified atom stereocenters.